The molecule has 1 unspecified atom stereocenters. The zero-order valence-electron chi connectivity index (χ0n) is 15.2. The van der Waals surface area contributed by atoms with Crippen LogP contribution in [0.15, 0.2) is 24.3 Å². The molecule has 1 aromatic carbocycles. The van der Waals surface area contributed by atoms with E-state index in [-0.39, 0.29) is 24.8 Å². The van der Waals surface area contributed by atoms with Gasteiger partial charge in [-0.05, 0) is 31.0 Å². The number of carboxylic acids is 1. The van der Waals surface area contributed by atoms with Crippen LogP contribution < -0.4 is 0 Å². The van der Waals surface area contributed by atoms with Crippen LogP contribution in [0.4, 0.5) is 0 Å². The van der Waals surface area contributed by atoms with Crippen molar-refractivity contribution in [1.82, 2.24) is 19.9 Å². The highest BCUT2D eigenvalue weighted by Crippen LogP contribution is 2.32. The monoisotopic (exact) mass is 392 g/mol. The third kappa shape index (κ3) is 3.54. The first-order valence-corrected chi connectivity index (χ1v) is 9.02. The van der Waals surface area contributed by atoms with Crippen molar-refractivity contribution in [2.24, 2.45) is 5.41 Å². The lowest BCUT2D eigenvalue weighted by Crippen LogP contribution is -2.40. The number of nitrogens with zero attached hydrogens (tertiary/aromatic N) is 4. The van der Waals surface area contributed by atoms with E-state index in [0.29, 0.717) is 35.8 Å². The first-order valence-electron chi connectivity index (χ1n) is 8.64. The maximum absolute atomic E-state index is 13.0. The number of carboxylic acid groups (broad SMARTS) is 1. The third-order valence-corrected chi connectivity index (χ3v) is 5.10. The summed E-state index contributed by atoms with van der Waals surface area (Å²) in [6.07, 6.45) is 0.877. The van der Waals surface area contributed by atoms with Crippen molar-refractivity contribution in [3.63, 3.8) is 0 Å². The van der Waals surface area contributed by atoms with Crippen LogP contribution in [0.5, 0.6) is 0 Å². The number of hydrogen-bond donors (Lipinski definition) is 1. The van der Waals surface area contributed by atoms with Gasteiger partial charge in [0.2, 0.25) is 0 Å². The molecule has 1 atom stereocenters. The molecule has 1 aromatic heterocycles. The second-order valence-corrected chi connectivity index (χ2v) is 7.06. The van der Waals surface area contributed by atoms with E-state index in [9.17, 15) is 14.7 Å². The number of carbonyl (C=O) groups excluding carboxylic acids is 1. The van der Waals surface area contributed by atoms with E-state index in [1.165, 1.54) is 12.0 Å². The van der Waals surface area contributed by atoms with Crippen LogP contribution in [0, 0.1) is 5.41 Å². The summed E-state index contributed by atoms with van der Waals surface area (Å²) in [5, 5.41) is 18.3. The van der Waals surface area contributed by atoms with Crippen LogP contribution in [-0.2, 0) is 16.0 Å². The fraction of sp³-hybridized carbons (Fsp3) is 0.444. The van der Waals surface area contributed by atoms with Crippen LogP contribution in [0.3, 0.4) is 0 Å². The SMILES string of the molecule is CCc1c(C(=O)N2CCC(COC)(C(=O)O)C2)nnn1-c1cccc(Cl)c1. The summed E-state index contributed by atoms with van der Waals surface area (Å²) in [7, 11) is 1.46. The number of amides is 1. The van der Waals surface area contributed by atoms with E-state index < -0.39 is 11.4 Å². The second kappa shape index (κ2) is 7.66. The molecule has 2 aromatic rings. The molecule has 8 nitrogen and oxygen atoms in total. The lowest BCUT2D eigenvalue weighted by molar-refractivity contribution is -0.151. The highest BCUT2D eigenvalue weighted by molar-refractivity contribution is 6.30. The van der Waals surface area contributed by atoms with Gasteiger partial charge in [-0.25, -0.2) is 4.68 Å². The van der Waals surface area contributed by atoms with Gasteiger partial charge in [0.1, 0.15) is 5.41 Å². The van der Waals surface area contributed by atoms with Crippen LogP contribution >= 0.6 is 11.6 Å². The van der Waals surface area contributed by atoms with Crippen molar-refractivity contribution < 1.29 is 19.4 Å². The van der Waals surface area contributed by atoms with Crippen molar-refractivity contribution in [2.45, 2.75) is 19.8 Å². The summed E-state index contributed by atoms with van der Waals surface area (Å²) in [6.45, 7) is 2.39. The summed E-state index contributed by atoms with van der Waals surface area (Å²) in [6, 6.07) is 7.13. The van der Waals surface area contributed by atoms with Gasteiger partial charge in [-0.3, -0.25) is 9.59 Å². The molecule has 0 radical (unpaired) electrons. The maximum Gasteiger partial charge on any atom is 0.313 e. The molecule has 27 heavy (non-hydrogen) atoms. The number of aliphatic carboxylic acids is 1. The van der Waals surface area contributed by atoms with Gasteiger partial charge in [0.25, 0.3) is 5.91 Å². The first kappa shape index (κ1) is 19.3. The van der Waals surface area contributed by atoms with Crippen LogP contribution in [-0.4, -0.2) is 63.7 Å². The Bertz CT molecular complexity index is 869. The molecule has 1 aliphatic heterocycles. The molecule has 9 heteroatoms. The molecule has 2 heterocycles. The van der Waals surface area contributed by atoms with Gasteiger partial charge in [0.05, 0.1) is 18.0 Å². The first-order chi connectivity index (χ1) is 12.9. The quantitative estimate of drug-likeness (QED) is 0.807. The molecule has 0 bridgehead atoms. The minimum Gasteiger partial charge on any atom is -0.481 e. The predicted octanol–water partition coefficient (Wildman–Crippen LogP) is 2.05. The van der Waals surface area contributed by atoms with Gasteiger partial charge in [-0.15, -0.1) is 5.10 Å². The van der Waals surface area contributed by atoms with Crippen molar-refractivity contribution in [2.75, 3.05) is 26.8 Å². The third-order valence-electron chi connectivity index (χ3n) is 4.87. The Morgan fingerprint density at radius 2 is 2.19 bits per heavy atom. The number of aromatic nitrogens is 3. The van der Waals surface area contributed by atoms with Gasteiger partial charge in [0.15, 0.2) is 5.69 Å². The fourth-order valence-corrected chi connectivity index (χ4v) is 3.61. The second-order valence-electron chi connectivity index (χ2n) is 6.63. The molecule has 1 aliphatic rings. The van der Waals surface area contributed by atoms with Crippen LogP contribution in [0.2, 0.25) is 5.02 Å². The minimum absolute atomic E-state index is 0.0575. The summed E-state index contributed by atoms with van der Waals surface area (Å²) in [4.78, 5) is 26.2. The van der Waals surface area contributed by atoms with E-state index in [0.717, 1.165) is 0 Å². The van der Waals surface area contributed by atoms with Gasteiger partial charge in [0, 0.05) is 25.2 Å². The summed E-state index contributed by atoms with van der Waals surface area (Å²) >= 11 is 6.05. The van der Waals surface area contributed by atoms with E-state index in [2.05, 4.69) is 10.3 Å². The smallest absolute Gasteiger partial charge is 0.313 e. The van der Waals surface area contributed by atoms with Gasteiger partial charge in [-0.2, -0.15) is 0 Å². The maximum atomic E-state index is 13.0. The van der Waals surface area contributed by atoms with Crippen molar-refractivity contribution >= 4 is 23.5 Å². The normalized spacial score (nSPS) is 19.4. The Morgan fingerprint density at radius 3 is 2.81 bits per heavy atom. The number of benzene rings is 1. The molecular formula is C18H21ClN4O4. The zero-order valence-corrected chi connectivity index (χ0v) is 15.9. The van der Waals surface area contributed by atoms with Gasteiger partial charge >= 0.3 is 5.97 Å². The van der Waals surface area contributed by atoms with Crippen LogP contribution in [0.1, 0.15) is 29.5 Å². The van der Waals surface area contributed by atoms with Gasteiger partial charge in [-0.1, -0.05) is 29.8 Å². The number of halogens is 1. The van der Waals surface area contributed by atoms with Crippen molar-refractivity contribution in [3.8, 4) is 5.69 Å². The number of hydrogen-bond acceptors (Lipinski definition) is 5. The molecule has 0 spiro atoms. The Balaban J connectivity index is 1.89. The molecule has 0 aliphatic carbocycles. The highest BCUT2D eigenvalue weighted by Gasteiger charge is 2.47. The van der Waals surface area contributed by atoms with E-state index >= 15 is 0 Å². The summed E-state index contributed by atoms with van der Waals surface area (Å²) < 4.78 is 6.67. The lowest BCUT2D eigenvalue weighted by Gasteiger charge is -2.23. The number of carbonyl (C=O) groups is 2. The van der Waals surface area contributed by atoms with E-state index in [1.54, 1.807) is 22.9 Å². The average molecular weight is 393 g/mol. The lowest BCUT2D eigenvalue weighted by atomic mass is 9.88. The Hall–Kier alpha value is -2.45. The summed E-state index contributed by atoms with van der Waals surface area (Å²) in [5.41, 5.74) is 0.518. The molecule has 1 amide bonds. The Kier molecular flexibility index (Phi) is 5.48. The van der Waals surface area contributed by atoms with Gasteiger partial charge < -0.3 is 14.7 Å². The number of likely N-dealkylation sites (tertiary alicyclic amines) is 1. The van der Waals surface area contributed by atoms with Crippen LogP contribution in [0.25, 0.3) is 5.69 Å². The number of methoxy groups -OCH3 is 1. The molecule has 1 saturated heterocycles. The summed E-state index contributed by atoms with van der Waals surface area (Å²) in [5.74, 6) is -1.28. The average Bonchev–Trinajstić information content (AvgIpc) is 3.26. The standard InChI is InChI=1S/C18H21ClN4O4/c1-3-14-15(20-21-23(14)13-6-4-5-12(19)9-13)16(24)22-8-7-18(10-22,11-27-2)17(25)26/h4-6,9H,3,7-8,10-11H2,1-2H3,(H,25,26). The molecule has 1 fully saturated rings. The number of rotatable bonds is 6. The van der Waals surface area contributed by atoms with E-state index in [1.807, 2.05) is 13.0 Å². The molecular weight excluding hydrogens is 372 g/mol. The Labute approximate surface area is 161 Å². The highest BCUT2D eigenvalue weighted by atomic mass is 35.5. The molecule has 144 valence electrons. The zero-order chi connectivity index (χ0) is 19.6. The topological polar surface area (TPSA) is 97.6 Å². The number of ether oxygens (including phenoxy) is 1. The Morgan fingerprint density at radius 1 is 1.41 bits per heavy atom. The largest absolute Gasteiger partial charge is 0.481 e. The molecule has 3 rings (SSSR count). The molecule has 0 saturated carbocycles. The minimum atomic E-state index is -1.08. The fourth-order valence-electron chi connectivity index (χ4n) is 3.43. The van der Waals surface area contributed by atoms with Crippen molar-refractivity contribution in [1.29, 1.82) is 0 Å². The molecule has 1 N–H and O–H groups in total. The van der Waals surface area contributed by atoms with Crippen molar-refractivity contribution in [3.05, 3.63) is 40.7 Å². The van der Waals surface area contributed by atoms with E-state index in [4.69, 9.17) is 16.3 Å². The predicted molar refractivity (Wildman–Crippen MR) is 98.2 cm³/mol.